The summed E-state index contributed by atoms with van der Waals surface area (Å²) in [5, 5.41) is 0. The Morgan fingerprint density at radius 3 is 2.60 bits per heavy atom. The molecule has 0 aliphatic heterocycles. The summed E-state index contributed by atoms with van der Waals surface area (Å²) in [6.45, 7) is 1.58. The summed E-state index contributed by atoms with van der Waals surface area (Å²) in [4.78, 5) is 6.38. The molecule has 3 nitrogen and oxygen atoms in total. The van der Waals surface area contributed by atoms with Crippen LogP contribution in [0, 0.1) is 0 Å². The van der Waals surface area contributed by atoms with Crippen LogP contribution in [0.2, 0.25) is 0 Å². The van der Waals surface area contributed by atoms with E-state index in [1.165, 1.54) is 0 Å². The molecule has 0 saturated carbocycles. The Kier molecular flexibility index (Phi) is 5.33. The first-order chi connectivity index (χ1) is 9.75. The molecule has 104 valence electrons. The lowest BCUT2D eigenvalue weighted by molar-refractivity contribution is 0.261. The molecule has 20 heavy (non-hydrogen) atoms. The van der Waals surface area contributed by atoms with Crippen molar-refractivity contribution in [2.24, 2.45) is 0 Å². The van der Waals surface area contributed by atoms with Crippen molar-refractivity contribution in [2.45, 2.75) is 0 Å². The highest BCUT2D eigenvalue weighted by Gasteiger charge is 2.00. The highest BCUT2D eigenvalue weighted by Crippen LogP contribution is 2.20. The van der Waals surface area contributed by atoms with E-state index in [-0.39, 0.29) is 0 Å². The van der Waals surface area contributed by atoms with E-state index in [0.717, 1.165) is 23.6 Å². The number of para-hydroxylation sites is 1. The Hall–Kier alpha value is -2.13. The molecule has 1 aromatic heterocycles. The number of ether oxygens (including phenoxy) is 1. The summed E-state index contributed by atoms with van der Waals surface area (Å²) in [7, 11) is 4.08. The lowest BCUT2D eigenvalue weighted by atomic mass is 10.1. The fourth-order valence-corrected chi connectivity index (χ4v) is 1.74. The zero-order valence-corrected chi connectivity index (χ0v) is 12.0. The summed E-state index contributed by atoms with van der Waals surface area (Å²) < 4.78 is 5.82. The number of nitrogens with zero attached hydrogens (tertiary/aromatic N) is 2. The van der Waals surface area contributed by atoms with Crippen LogP contribution < -0.4 is 4.74 Å². The monoisotopic (exact) mass is 268 g/mol. The molecular formula is C17H20N2O. The molecule has 0 fully saturated rings. The van der Waals surface area contributed by atoms with Gasteiger partial charge in [-0.05, 0) is 44.4 Å². The summed E-state index contributed by atoms with van der Waals surface area (Å²) in [6, 6.07) is 13.9. The first-order valence-electron chi connectivity index (χ1n) is 6.71. The molecule has 1 aromatic carbocycles. The van der Waals surface area contributed by atoms with Crippen LogP contribution in [-0.4, -0.2) is 37.1 Å². The number of pyridine rings is 1. The topological polar surface area (TPSA) is 25.4 Å². The highest BCUT2D eigenvalue weighted by molar-refractivity contribution is 5.71. The van der Waals surface area contributed by atoms with Crippen LogP contribution in [0.5, 0.6) is 5.75 Å². The van der Waals surface area contributed by atoms with Crippen LogP contribution in [-0.2, 0) is 0 Å². The molecule has 0 bridgehead atoms. The summed E-state index contributed by atoms with van der Waals surface area (Å²) in [5.74, 6) is 0.904. The van der Waals surface area contributed by atoms with Crippen molar-refractivity contribution in [1.29, 1.82) is 0 Å². The number of hydrogen-bond donors (Lipinski definition) is 0. The van der Waals surface area contributed by atoms with Crippen LogP contribution in [0.1, 0.15) is 11.3 Å². The Labute approximate surface area is 120 Å². The minimum absolute atomic E-state index is 0.682. The molecule has 3 heteroatoms. The van der Waals surface area contributed by atoms with Crippen molar-refractivity contribution in [1.82, 2.24) is 9.88 Å². The third-order valence-corrected chi connectivity index (χ3v) is 2.84. The van der Waals surface area contributed by atoms with Gasteiger partial charge in [0.25, 0.3) is 0 Å². The van der Waals surface area contributed by atoms with Crippen LogP contribution in [0.3, 0.4) is 0 Å². The number of likely N-dealkylation sites (N-methyl/N-ethyl adjacent to an activating group) is 1. The first-order valence-corrected chi connectivity index (χ1v) is 6.71. The average Bonchev–Trinajstić information content (AvgIpc) is 2.47. The van der Waals surface area contributed by atoms with E-state index >= 15 is 0 Å². The van der Waals surface area contributed by atoms with Gasteiger partial charge in [0.15, 0.2) is 0 Å². The van der Waals surface area contributed by atoms with E-state index in [1.807, 2.05) is 68.7 Å². The maximum Gasteiger partial charge on any atom is 0.126 e. The van der Waals surface area contributed by atoms with Crippen LogP contribution in [0.25, 0.3) is 12.2 Å². The molecule has 0 atom stereocenters. The highest BCUT2D eigenvalue weighted by atomic mass is 16.5. The molecule has 1 heterocycles. The van der Waals surface area contributed by atoms with Gasteiger partial charge in [0.2, 0.25) is 0 Å². The van der Waals surface area contributed by atoms with E-state index in [4.69, 9.17) is 4.74 Å². The van der Waals surface area contributed by atoms with Crippen molar-refractivity contribution in [3.05, 3.63) is 59.9 Å². The molecule has 0 spiro atoms. The normalized spacial score (nSPS) is 11.2. The Balaban J connectivity index is 2.06. The van der Waals surface area contributed by atoms with Gasteiger partial charge >= 0.3 is 0 Å². The number of benzene rings is 1. The van der Waals surface area contributed by atoms with Crippen LogP contribution >= 0.6 is 0 Å². The van der Waals surface area contributed by atoms with Gasteiger partial charge in [0.1, 0.15) is 12.4 Å². The van der Waals surface area contributed by atoms with Gasteiger partial charge < -0.3 is 9.64 Å². The van der Waals surface area contributed by atoms with Crippen molar-refractivity contribution < 1.29 is 4.74 Å². The Morgan fingerprint density at radius 1 is 1.05 bits per heavy atom. The van der Waals surface area contributed by atoms with Crippen molar-refractivity contribution in [2.75, 3.05) is 27.2 Å². The Bertz CT molecular complexity index is 550. The molecule has 0 unspecified atom stereocenters. The predicted molar refractivity (Wildman–Crippen MR) is 83.7 cm³/mol. The molecule has 2 aromatic rings. The average molecular weight is 268 g/mol. The zero-order chi connectivity index (χ0) is 14.2. The van der Waals surface area contributed by atoms with Crippen LogP contribution in [0.15, 0.2) is 48.7 Å². The molecule has 0 aliphatic carbocycles. The smallest absolute Gasteiger partial charge is 0.126 e. The second-order valence-electron chi connectivity index (χ2n) is 4.78. The predicted octanol–water partition coefficient (Wildman–Crippen LogP) is 3.19. The van der Waals surface area contributed by atoms with E-state index in [0.29, 0.717) is 6.61 Å². The maximum atomic E-state index is 5.82. The Morgan fingerprint density at radius 2 is 1.85 bits per heavy atom. The molecule has 2 rings (SSSR count). The fourth-order valence-electron chi connectivity index (χ4n) is 1.74. The number of rotatable bonds is 6. The van der Waals surface area contributed by atoms with Gasteiger partial charge in [-0.1, -0.05) is 24.3 Å². The van der Waals surface area contributed by atoms with E-state index in [9.17, 15) is 0 Å². The van der Waals surface area contributed by atoms with Crippen molar-refractivity contribution >= 4 is 12.2 Å². The summed E-state index contributed by atoms with van der Waals surface area (Å²) >= 11 is 0. The lowest BCUT2D eigenvalue weighted by Gasteiger charge is -2.12. The van der Waals surface area contributed by atoms with Crippen molar-refractivity contribution in [3.63, 3.8) is 0 Å². The maximum absolute atomic E-state index is 5.82. The van der Waals surface area contributed by atoms with Crippen molar-refractivity contribution in [3.8, 4) is 5.75 Å². The summed E-state index contributed by atoms with van der Waals surface area (Å²) in [6.07, 6.45) is 5.82. The largest absolute Gasteiger partial charge is 0.492 e. The van der Waals surface area contributed by atoms with Gasteiger partial charge in [-0.3, -0.25) is 4.98 Å². The molecular weight excluding hydrogens is 248 g/mol. The van der Waals surface area contributed by atoms with Gasteiger partial charge in [-0.2, -0.15) is 0 Å². The van der Waals surface area contributed by atoms with Gasteiger partial charge in [0, 0.05) is 18.3 Å². The quantitative estimate of drug-likeness (QED) is 0.804. The lowest BCUT2D eigenvalue weighted by Crippen LogP contribution is -2.19. The second-order valence-corrected chi connectivity index (χ2v) is 4.78. The van der Waals surface area contributed by atoms with Gasteiger partial charge in [0.05, 0.1) is 5.69 Å². The number of aromatic nitrogens is 1. The standard InChI is InChI=1S/C17H20N2O/c1-19(2)13-14-20-17-9-4-3-7-15(17)10-11-16-8-5-6-12-18-16/h3-12H,13-14H2,1-2H3/b11-10+. The van der Waals surface area contributed by atoms with Gasteiger partial charge in [-0.25, -0.2) is 0 Å². The number of hydrogen-bond acceptors (Lipinski definition) is 3. The zero-order valence-electron chi connectivity index (χ0n) is 12.0. The first kappa shape index (κ1) is 14.3. The van der Waals surface area contributed by atoms with Gasteiger partial charge in [-0.15, -0.1) is 0 Å². The van der Waals surface area contributed by atoms with Crippen LogP contribution in [0.4, 0.5) is 0 Å². The third kappa shape index (κ3) is 4.52. The van der Waals surface area contributed by atoms with E-state index in [1.54, 1.807) is 6.20 Å². The SMILES string of the molecule is CN(C)CCOc1ccccc1/C=C/c1ccccn1. The minimum Gasteiger partial charge on any atom is -0.492 e. The molecule has 0 saturated heterocycles. The van der Waals surface area contributed by atoms with E-state index in [2.05, 4.69) is 9.88 Å². The second kappa shape index (κ2) is 7.46. The minimum atomic E-state index is 0.682. The summed E-state index contributed by atoms with van der Waals surface area (Å²) in [5.41, 5.74) is 2.01. The molecule has 0 aliphatic rings. The molecule has 0 radical (unpaired) electrons. The molecule has 0 N–H and O–H groups in total. The fraction of sp³-hybridized carbons (Fsp3) is 0.235. The molecule has 0 amide bonds. The van der Waals surface area contributed by atoms with E-state index < -0.39 is 0 Å². The third-order valence-electron chi connectivity index (χ3n) is 2.84.